The number of nitrogens with zero attached hydrogens (tertiary/aromatic N) is 1. The fourth-order valence-corrected chi connectivity index (χ4v) is 2.19. The van der Waals surface area contributed by atoms with E-state index in [1.54, 1.807) is 24.3 Å². The quantitative estimate of drug-likeness (QED) is 0.241. The molecule has 0 radical (unpaired) electrons. The zero-order chi connectivity index (χ0) is 19.1. The van der Waals surface area contributed by atoms with Crippen LogP contribution in [0.5, 0.6) is 5.75 Å². The van der Waals surface area contributed by atoms with E-state index >= 15 is 0 Å². The Kier molecular flexibility index (Phi) is 6.46. The van der Waals surface area contributed by atoms with E-state index in [1.807, 2.05) is 0 Å². The van der Waals surface area contributed by atoms with Gasteiger partial charge < -0.3 is 9.47 Å². The molecule has 0 fully saturated rings. The van der Waals surface area contributed by atoms with Crippen molar-refractivity contribution in [2.45, 2.75) is 0 Å². The first-order valence-electron chi connectivity index (χ1n) is 7.36. The summed E-state index contributed by atoms with van der Waals surface area (Å²) in [6.07, 6.45) is 2.41. The summed E-state index contributed by atoms with van der Waals surface area (Å²) in [6.45, 7) is -0.433. The molecule has 8 heteroatoms. The second kappa shape index (κ2) is 8.77. The van der Waals surface area contributed by atoms with Gasteiger partial charge in [-0.1, -0.05) is 29.8 Å². The number of methoxy groups -OCH3 is 1. The lowest BCUT2D eigenvalue weighted by Crippen LogP contribution is -2.12. The summed E-state index contributed by atoms with van der Waals surface area (Å²) in [4.78, 5) is 33.9. The highest BCUT2D eigenvalue weighted by molar-refractivity contribution is 6.32. The number of esters is 1. The van der Waals surface area contributed by atoms with Crippen LogP contribution >= 0.6 is 11.6 Å². The van der Waals surface area contributed by atoms with Crippen molar-refractivity contribution in [2.75, 3.05) is 13.7 Å². The first kappa shape index (κ1) is 19.1. The molecule has 0 aromatic heterocycles. The van der Waals surface area contributed by atoms with E-state index in [-0.39, 0.29) is 16.5 Å². The average Bonchev–Trinajstić information content (AvgIpc) is 2.65. The summed E-state index contributed by atoms with van der Waals surface area (Å²) in [5.74, 6) is -0.613. The molecule has 7 nitrogen and oxygen atoms in total. The van der Waals surface area contributed by atoms with E-state index in [2.05, 4.69) is 0 Å². The molecule has 26 heavy (non-hydrogen) atoms. The second-order valence-electron chi connectivity index (χ2n) is 5.06. The molecule has 0 unspecified atom stereocenters. The van der Waals surface area contributed by atoms with Crippen LogP contribution in [0.4, 0.5) is 5.69 Å². The summed E-state index contributed by atoms with van der Waals surface area (Å²) >= 11 is 5.71. The van der Waals surface area contributed by atoms with Crippen molar-refractivity contribution >= 4 is 35.1 Å². The Bertz CT molecular complexity index is 878. The SMILES string of the molecule is COc1cccc(C(=O)COC(=O)/C=C/c2ccc(Cl)c([N+](=O)[O-])c2)c1. The van der Waals surface area contributed by atoms with Crippen LogP contribution in [-0.2, 0) is 9.53 Å². The molecule has 0 heterocycles. The third kappa shape index (κ3) is 5.15. The van der Waals surface area contributed by atoms with Crippen LogP contribution in [0, 0.1) is 10.1 Å². The van der Waals surface area contributed by atoms with Gasteiger partial charge in [0.05, 0.1) is 12.0 Å². The van der Waals surface area contributed by atoms with Crippen LogP contribution in [0.1, 0.15) is 15.9 Å². The highest BCUT2D eigenvalue weighted by Gasteiger charge is 2.12. The highest BCUT2D eigenvalue weighted by atomic mass is 35.5. The normalized spacial score (nSPS) is 10.5. The van der Waals surface area contributed by atoms with E-state index in [0.29, 0.717) is 16.9 Å². The first-order valence-corrected chi connectivity index (χ1v) is 7.74. The molecule has 2 aromatic carbocycles. The lowest BCUT2D eigenvalue weighted by atomic mass is 10.1. The Morgan fingerprint density at radius 1 is 1.23 bits per heavy atom. The van der Waals surface area contributed by atoms with Gasteiger partial charge in [-0.3, -0.25) is 14.9 Å². The molecule has 0 aliphatic heterocycles. The number of hydrogen-bond acceptors (Lipinski definition) is 6. The number of benzene rings is 2. The van der Waals surface area contributed by atoms with Gasteiger partial charge in [-0.15, -0.1) is 0 Å². The number of halogens is 1. The predicted octanol–water partition coefficient (Wildman–Crippen LogP) is 3.70. The number of hydrogen-bond donors (Lipinski definition) is 0. The van der Waals surface area contributed by atoms with Crippen LogP contribution in [-0.4, -0.2) is 30.4 Å². The lowest BCUT2D eigenvalue weighted by Gasteiger charge is -2.04. The van der Waals surface area contributed by atoms with E-state index in [9.17, 15) is 19.7 Å². The summed E-state index contributed by atoms with van der Waals surface area (Å²) in [5.41, 5.74) is 0.488. The summed E-state index contributed by atoms with van der Waals surface area (Å²) in [6, 6.07) is 10.6. The van der Waals surface area contributed by atoms with Crippen molar-refractivity contribution in [3.63, 3.8) is 0 Å². The van der Waals surface area contributed by atoms with Crippen LogP contribution in [0.3, 0.4) is 0 Å². The molecule has 0 saturated heterocycles. The minimum atomic E-state index is -0.751. The molecular formula is C18H14ClNO6. The van der Waals surface area contributed by atoms with E-state index in [1.165, 1.54) is 31.4 Å². The third-order valence-electron chi connectivity index (χ3n) is 3.32. The lowest BCUT2D eigenvalue weighted by molar-refractivity contribution is -0.384. The van der Waals surface area contributed by atoms with Crippen LogP contribution in [0.15, 0.2) is 48.5 Å². The second-order valence-corrected chi connectivity index (χ2v) is 5.47. The molecule has 0 saturated carbocycles. The zero-order valence-electron chi connectivity index (χ0n) is 13.7. The van der Waals surface area contributed by atoms with Gasteiger partial charge in [0.25, 0.3) is 5.69 Å². The van der Waals surface area contributed by atoms with E-state index in [4.69, 9.17) is 21.1 Å². The maximum atomic E-state index is 12.0. The predicted molar refractivity (Wildman–Crippen MR) is 95.4 cm³/mol. The Balaban J connectivity index is 1.96. The van der Waals surface area contributed by atoms with E-state index < -0.39 is 17.5 Å². The van der Waals surface area contributed by atoms with Crippen molar-refractivity contribution in [3.8, 4) is 5.75 Å². The van der Waals surface area contributed by atoms with Crippen molar-refractivity contribution < 1.29 is 24.0 Å². The average molecular weight is 376 g/mol. The standard InChI is InChI=1S/C18H14ClNO6/c1-25-14-4-2-3-13(10-14)17(21)11-26-18(22)8-6-12-5-7-15(19)16(9-12)20(23)24/h2-10H,11H2,1H3/b8-6+. The van der Waals surface area contributed by atoms with Gasteiger partial charge in [0, 0.05) is 17.7 Å². The number of nitro benzene ring substituents is 1. The largest absolute Gasteiger partial charge is 0.497 e. The Labute approximate surface area is 153 Å². The number of ether oxygens (including phenoxy) is 2. The van der Waals surface area contributed by atoms with Crippen LogP contribution in [0.2, 0.25) is 5.02 Å². The number of carbonyl (C=O) groups excluding carboxylic acids is 2. The van der Waals surface area contributed by atoms with E-state index in [0.717, 1.165) is 6.08 Å². The van der Waals surface area contributed by atoms with Crippen molar-refractivity contribution in [1.82, 2.24) is 0 Å². The Morgan fingerprint density at radius 3 is 2.69 bits per heavy atom. The number of rotatable bonds is 7. The minimum Gasteiger partial charge on any atom is -0.497 e. The van der Waals surface area contributed by atoms with Crippen LogP contribution < -0.4 is 4.74 Å². The highest BCUT2D eigenvalue weighted by Crippen LogP contribution is 2.25. The molecule has 2 aromatic rings. The number of Topliss-reactive ketones (excluding diaryl/α,β-unsaturated/α-hetero) is 1. The number of carbonyl (C=O) groups is 2. The molecule has 0 spiro atoms. The van der Waals surface area contributed by atoms with Gasteiger partial charge in [-0.25, -0.2) is 4.79 Å². The molecule has 2 rings (SSSR count). The Hall–Kier alpha value is -3.19. The van der Waals surface area contributed by atoms with Gasteiger partial charge in [0.2, 0.25) is 0 Å². The zero-order valence-corrected chi connectivity index (χ0v) is 14.4. The summed E-state index contributed by atoms with van der Waals surface area (Å²) < 4.78 is 9.90. The molecule has 0 N–H and O–H groups in total. The fourth-order valence-electron chi connectivity index (χ4n) is 2.00. The maximum absolute atomic E-state index is 12.0. The van der Waals surface area contributed by atoms with Crippen molar-refractivity contribution in [1.29, 1.82) is 0 Å². The molecule has 134 valence electrons. The maximum Gasteiger partial charge on any atom is 0.331 e. The minimum absolute atomic E-state index is 0.00128. The number of ketones is 1. The topological polar surface area (TPSA) is 95.7 Å². The Morgan fingerprint density at radius 2 is 2.00 bits per heavy atom. The smallest absolute Gasteiger partial charge is 0.331 e. The third-order valence-corrected chi connectivity index (χ3v) is 3.64. The molecular weight excluding hydrogens is 362 g/mol. The van der Waals surface area contributed by atoms with Gasteiger partial charge in [-0.2, -0.15) is 0 Å². The fraction of sp³-hybridized carbons (Fsp3) is 0.111. The van der Waals surface area contributed by atoms with Gasteiger partial charge in [0.1, 0.15) is 10.8 Å². The van der Waals surface area contributed by atoms with Crippen molar-refractivity contribution in [3.05, 3.63) is 74.8 Å². The molecule has 0 aliphatic carbocycles. The first-order chi connectivity index (χ1) is 12.4. The monoisotopic (exact) mass is 375 g/mol. The van der Waals surface area contributed by atoms with Crippen molar-refractivity contribution in [2.24, 2.45) is 0 Å². The molecule has 0 aliphatic rings. The number of nitro groups is 1. The van der Waals surface area contributed by atoms with Gasteiger partial charge in [0.15, 0.2) is 12.4 Å². The van der Waals surface area contributed by atoms with Gasteiger partial charge >= 0.3 is 5.97 Å². The van der Waals surface area contributed by atoms with Crippen LogP contribution in [0.25, 0.3) is 6.08 Å². The summed E-state index contributed by atoms with van der Waals surface area (Å²) in [5, 5.41) is 10.8. The molecule has 0 bridgehead atoms. The molecule has 0 amide bonds. The molecule has 0 atom stereocenters. The van der Waals surface area contributed by atoms with Gasteiger partial charge in [-0.05, 0) is 29.8 Å². The summed E-state index contributed by atoms with van der Waals surface area (Å²) in [7, 11) is 1.48.